The van der Waals surface area contributed by atoms with E-state index in [0.717, 1.165) is 57.8 Å². The summed E-state index contributed by atoms with van der Waals surface area (Å²) in [6.45, 7) is 5.19. The van der Waals surface area contributed by atoms with Gasteiger partial charge in [-0.05, 0) is 25.7 Å². The smallest absolute Gasteiger partial charge is 0.462 e. The number of esters is 2. The zero-order valence-corrected chi connectivity index (χ0v) is 27.5. The SMILES string of the molecule is C=CCCCCCCCCC(=O)O[C@H](COC(=O)CCCCCCCCCCCCCCC)COP(=O)(O)OCCN. The molecule has 248 valence electrons. The van der Waals surface area contributed by atoms with Crippen LogP contribution in [0.3, 0.4) is 0 Å². The van der Waals surface area contributed by atoms with Gasteiger partial charge in [0, 0.05) is 19.4 Å². The monoisotopic (exact) mass is 619 g/mol. The summed E-state index contributed by atoms with van der Waals surface area (Å²) in [7, 11) is -4.36. The molecule has 0 saturated heterocycles. The summed E-state index contributed by atoms with van der Waals surface area (Å²) < 4.78 is 32.4. The Labute approximate surface area is 256 Å². The van der Waals surface area contributed by atoms with Gasteiger partial charge in [-0.1, -0.05) is 116 Å². The molecule has 10 heteroatoms. The molecule has 0 aromatic heterocycles. The van der Waals surface area contributed by atoms with Crippen LogP contribution in [-0.4, -0.2) is 49.3 Å². The van der Waals surface area contributed by atoms with E-state index < -0.39 is 26.5 Å². The van der Waals surface area contributed by atoms with Crippen LogP contribution in [0.2, 0.25) is 0 Å². The molecule has 0 aliphatic heterocycles. The molecule has 0 fully saturated rings. The molecule has 0 aromatic rings. The van der Waals surface area contributed by atoms with Crippen LogP contribution in [0, 0.1) is 0 Å². The van der Waals surface area contributed by atoms with Crippen molar-refractivity contribution in [1.82, 2.24) is 0 Å². The first-order valence-corrected chi connectivity index (χ1v) is 18.1. The Morgan fingerprint density at radius 3 is 1.71 bits per heavy atom. The minimum absolute atomic E-state index is 0.0530. The largest absolute Gasteiger partial charge is 0.472 e. The summed E-state index contributed by atoms with van der Waals surface area (Å²) in [5, 5.41) is 0. The highest BCUT2D eigenvalue weighted by molar-refractivity contribution is 7.47. The van der Waals surface area contributed by atoms with Gasteiger partial charge >= 0.3 is 19.8 Å². The number of nitrogens with two attached hydrogens (primary N) is 1. The van der Waals surface area contributed by atoms with Crippen molar-refractivity contribution in [3.8, 4) is 0 Å². The maximum atomic E-state index is 12.4. The van der Waals surface area contributed by atoms with E-state index in [-0.39, 0.29) is 38.6 Å². The van der Waals surface area contributed by atoms with Gasteiger partial charge in [0.25, 0.3) is 0 Å². The molecule has 42 heavy (non-hydrogen) atoms. The van der Waals surface area contributed by atoms with Gasteiger partial charge in [0.2, 0.25) is 0 Å². The number of carbonyl (C=O) groups excluding carboxylic acids is 2. The molecule has 9 nitrogen and oxygen atoms in total. The Bertz CT molecular complexity index is 706. The molecule has 0 bridgehead atoms. The molecule has 2 atom stereocenters. The minimum atomic E-state index is -4.36. The summed E-state index contributed by atoms with van der Waals surface area (Å²) in [4.78, 5) is 34.4. The Hall–Kier alpha value is -1.25. The lowest BCUT2D eigenvalue weighted by Crippen LogP contribution is -2.29. The van der Waals surface area contributed by atoms with Crippen LogP contribution in [0.5, 0.6) is 0 Å². The van der Waals surface area contributed by atoms with Crippen molar-refractivity contribution < 1.29 is 37.6 Å². The maximum Gasteiger partial charge on any atom is 0.472 e. The zero-order valence-electron chi connectivity index (χ0n) is 26.6. The van der Waals surface area contributed by atoms with Gasteiger partial charge in [-0.25, -0.2) is 4.57 Å². The summed E-state index contributed by atoms with van der Waals surface area (Å²) in [5.41, 5.74) is 5.30. The van der Waals surface area contributed by atoms with E-state index in [1.807, 2.05) is 6.08 Å². The number of rotatable bonds is 32. The van der Waals surface area contributed by atoms with Crippen molar-refractivity contribution in [3.05, 3.63) is 12.7 Å². The fraction of sp³-hybridized carbons (Fsp3) is 0.875. The number of hydrogen-bond donors (Lipinski definition) is 2. The normalized spacial score (nSPS) is 13.4. The van der Waals surface area contributed by atoms with Crippen LogP contribution in [-0.2, 0) is 32.7 Å². The van der Waals surface area contributed by atoms with Gasteiger partial charge in [0.15, 0.2) is 6.10 Å². The third-order valence-electron chi connectivity index (χ3n) is 7.05. The predicted octanol–water partition coefficient (Wildman–Crippen LogP) is 8.32. The lowest BCUT2D eigenvalue weighted by molar-refractivity contribution is -0.161. The zero-order chi connectivity index (χ0) is 31.2. The number of hydrogen-bond acceptors (Lipinski definition) is 8. The van der Waals surface area contributed by atoms with Gasteiger partial charge in [0.05, 0.1) is 13.2 Å². The standard InChI is InChI=1S/C32H62NO8P/c1-3-5-7-9-11-13-14-15-16-17-19-20-22-24-31(34)38-28-30(29-40-42(36,37)39-27-26-33)41-32(35)25-23-21-18-12-10-8-6-4-2/h4,30H,2-3,5-29,33H2,1H3,(H,36,37)/t30-/m1/s1. The van der Waals surface area contributed by atoms with Crippen LogP contribution in [0.4, 0.5) is 0 Å². The van der Waals surface area contributed by atoms with Gasteiger partial charge in [0.1, 0.15) is 6.61 Å². The molecule has 0 amide bonds. The second kappa shape index (κ2) is 29.8. The van der Waals surface area contributed by atoms with Crippen molar-refractivity contribution in [2.75, 3.05) is 26.4 Å². The second-order valence-electron chi connectivity index (χ2n) is 11.1. The highest BCUT2D eigenvalue weighted by atomic mass is 31.2. The number of unbranched alkanes of at least 4 members (excludes halogenated alkanes) is 18. The average molecular weight is 620 g/mol. The van der Waals surface area contributed by atoms with E-state index in [4.69, 9.17) is 24.3 Å². The second-order valence-corrected chi connectivity index (χ2v) is 12.6. The molecule has 0 radical (unpaired) electrons. The van der Waals surface area contributed by atoms with Crippen LogP contribution in [0.25, 0.3) is 0 Å². The summed E-state index contributed by atoms with van der Waals surface area (Å²) in [6.07, 6.45) is 24.4. The van der Waals surface area contributed by atoms with Crippen LogP contribution < -0.4 is 5.73 Å². The van der Waals surface area contributed by atoms with E-state index >= 15 is 0 Å². The fourth-order valence-electron chi connectivity index (χ4n) is 4.55. The van der Waals surface area contributed by atoms with Crippen molar-refractivity contribution >= 4 is 19.8 Å². The van der Waals surface area contributed by atoms with Crippen molar-refractivity contribution in [3.63, 3.8) is 0 Å². The molecular weight excluding hydrogens is 557 g/mol. The van der Waals surface area contributed by atoms with Crippen molar-refractivity contribution in [2.45, 2.75) is 154 Å². The number of allylic oxidation sites excluding steroid dienone is 1. The molecule has 1 unspecified atom stereocenters. The Morgan fingerprint density at radius 2 is 1.21 bits per heavy atom. The molecule has 0 rings (SSSR count). The van der Waals surface area contributed by atoms with Gasteiger partial charge in [-0.15, -0.1) is 6.58 Å². The lowest BCUT2D eigenvalue weighted by Gasteiger charge is -2.19. The molecule has 0 spiro atoms. The highest BCUT2D eigenvalue weighted by Gasteiger charge is 2.25. The predicted molar refractivity (Wildman–Crippen MR) is 169 cm³/mol. The topological polar surface area (TPSA) is 134 Å². The van der Waals surface area contributed by atoms with Crippen LogP contribution in [0.15, 0.2) is 12.7 Å². The Morgan fingerprint density at radius 1 is 0.738 bits per heavy atom. The first kappa shape index (κ1) is 40.8. The summed E-state index contributed by atoms with van der Waals surface area (Å²) in [6, 6.07) is 0. The molecule has 0 saturated carbocycles. The van der Waals surface area contributed by atoms with E-state index in [9.17, 15) is 19.0 Å². The van der Waals surface area contributed by atoms with Gasteiger partial charge < -0.3 is 20.1 Å². The number of ether oxygens (including phenoxy) is 2. The molecule has 0 aromatic carbocycles. The molecule has 0 heterocycles. The van der Waals surface area contributed by atoms with Crippen LogP contribution in [0.1, 0.15) is 148 Å². The van der Waals surface area contributed by atoms with Crippen molar-refractivity contribution in [1.29, 1.82) is 0 Å². The van der Waals surface area contributed by atoms with E-state index in [0.29, 0.717) is 6.42 Å². The highest BCUT2D eigenvalue weighted by Crippen LogP contribution is 2.43. The van der Waals surface area contributed by atoms with E-state index in [1.165, 1.54) is 64.2 Å². The van der Waals surface area contributed by atoms with Gasteiger partial charge in [-0.2, -0.15) is 0 Å². The fourth-order valence-corrected chi connectivity index (χ4v) is 5.32. The van der Waals surface area contributed by atoms with Crippen LogP contribution >= 0.6 is 7.82 Å². The minimum Gasteiger partial charge on any atom is -0.462 e. The Kier molecular flexibility index (Phi) is 28.9. The van der Waals surface area contributed by atoms with E-state index in [1.54, 1.807) is 0 Å². The third-order valence-corrected chi connectivity index (χ3v) is 8.03. The van der Waals surface area contributed by atoms with Gasteiger partial charge in [-0.3, -0.25) is 18.6 Å². The molecule has 3 N–H and O–H groups in total. The molecular formula is C32H62NO8P. The van der Waals surface area contributed by atoms with Crippen molar-refractivity contribution in [2.24, 2.45) is 5.73 Å². The molecule has 0 aliphatic carbocycles. The first-order valence-electron chi connectivity index (χ1n) is 16.6. The summed E-state index contributed by atoms with van der Waals surface area (Å²) >= 11 is 0. The maximum absolute atomic E-state index is 12.4. The Balaban J connectivity index is 4.22. The quantitative estimate of drug-likeness (QED) is 0.0330. The number of carbonyl (C=O) groups is 2. The number of phosphoric acid groups is 1. The number of phosphoric ester groups is 1. The molecule has 0 aliphatic rings. The summed E-state index contributed by atoms with van der Waals surface area (Å²) in [5.74, 6) is -0.847. The average Bonchev–Trinajstić information content (AvgIpc) is 2.97. The lowest BCUT2D eigenvalue weighted by atomic mass is 10.0. The first-order chi connectivity index (χ1) is 20.3. The van der Waals surface area contributed by atoms with E-state index in [2.05, 4.69) is 13.5 Å². The third kappa shape index (κ3) is 28.9.